The van der Waals surface area contributed by atoms with Crippen molar-refractivity contribution < 1.29 is 26.9 Å². The Balaban J connectivity index is 2.02. The summed E-state index contributed by atoms with van der Waals surface area (Å²) in [6.45, 7) is -0.522. The zero-order valence-corrected chi connectivity index (χ0v) is 10.8. The molecule has 1 saturated heterocycles. The molecular weight excluding hydrogens is 294 g/mol. The lowest BCUT2D eigenvalue weighted by molar-refractivity contribution is -0.124. The molecule has 0 saturated carbocycles. The van der Waals surface area contributed by atoms with Crippen LogP contribution in [0, 0.1) is 0 Å². The number of ether oxygens (including phenoxy) is 1. The molecule has 12 heteroatoms. The van der Waals surface area contributed by atoms with Crippen molar-refractivity contribution in [2.24, 2.45) is 10.9 Å². The number of nitrogens with two attached hydrogens (primary N) is 2. The van der Waals surface area contributed by atoms with Gasteiger partial charge in [0.15, 0.2) is 12.0 Å². The Morgan fingerprint density at radius 1 is 1.60 bits per heavy atom. The molecule has 0 unspecified atom stereocenters. The minimum absolute atomic E-state index is 0.0692. The molecule has 2 rings (SSSR count). The molecule has 1 fully saturated rings. The smallest absolute Gasteiger partial charge is 0.333 e. The average molecular weight is 305 g/mol. The monoisotopic (exact) mass is 305 g/mol. The van der Waals surface area contributed by atoms with Crippen molar-refractivity contribution in [2.75, 3.05) is 6.61 Å². The second kappa shape index (κ2) is 5.24. The SMILES string of the molecule is NC(=O)c1ncn([C@H]2CC(=O)[C@@H](COS(N)(=O)=O)O2)n1. The fourth-order valence-corrected chi connectivity index (χ4v) is 1.90. The fourth-order valence-electron chi connectivity index (χ4n) is 1.59. The van der Waals surface area contributed by atoms with Gasteiger partial charge in [0.2, 0.25) is 5.82 Å². The molecule has 0 bridgehead atoms. The normalized spacial score (nSPS) is 23.1. The van der Waals surface area contributed by atoms with Crippen molar-refractivity contribution >= 4 is 22.0 Å². The summed E-state index contributed by atoms with van der Waals surface area (Å²) < 4.78 is 32.0. The van der Waals surface area contributed by atoms with E-state index in [1.54, 1.807) is 0 Å². The van der Waals surface area contributed by atoms with Crippen LogP contribution in [-0.4, -0.2) is 47.6 Å². The zero-order chi connectivity index (χ0) is 14.9. The summed E-state index contributed by atoms with van der Waals surface area (Å²) in [6.07, 6.45) is -0.780. The molecule has 1 amide bonds. The number of carbonyl (C=O) groups excluding carboxylic acids is 2. The molecule has 1 aliphatic rings. The lowest BCUT2D eigenvalue weighted by atomic mass is 10.2. The molecule has 1 aliphatic heterocycles. The number of amides is 1. The molecule has 0 aromatic carbocycles. The molecule has 11 nitrogen and oxygen atoms in total. The van der Waals surface area contributed by atoms with Gasteiger partial charge >= 0.3 is 10.3 Å². The Kier molecular flexibility index (Phi) is 3.80. The Labute approximate surface area is 113 Å². The highest BCUT2D eigenvalue weighted by molar-refractivity contribution is 7.84. The van der Waals surface area contributed by atoms with Gasteiger partial charge in [0.25, 0.3) is 5.91 Å². The van der Waals surface area contributed by atoms with Crippen molar-refractivity contribution in [3.63, 3.8) is 0 Å². The maximum Gasteiger partial charge on any atom is 0.333 e. The van der Waals surface area contributed by atoms with Crippen LogP contribution < -0.4 is 10.9 Å². The number of nitrogens with zero attached hydrogens (tertiary/aromatic N) is 3. The largest absolute Gasteiger partial charge is 0.363 e. The summed E-state index contributed by atoms with van der Waals surface area (Å²) in [7, 11) is -4.15. The van der Waals surface area contributed by atoms with Crippen LogP contribution in [0.15, 0.2) is 6.33 Å². The second-order valence-electron chi connectivity index (χ2n) is 3.94. The summed E-state index contributed by atoms with van der Waals surface area (Å²) in [5.41, 5.74) is 4.99. The van der Waals surface area contributed by atoms with Crippen LogP contribution >= 0.6 is 0 Å². The van der Waals surface area contributed by atoms with Crippen LogP contribution in [0.4, 0.5) is 0 Å². The van der Waals surface area contributed by atoms with Crippen LogP contribution in [0.25, 0.3) is 0 Å². The van der Waals surface area contributed by atoms with E-state index in [-0.39, 0.29) is 18.0 Å². The van der Waals surface area contributed by atoms with Crippen LogP contribution in [0.1, 0.15) is 23.3 Å². The molecule has 0 radical (unpaired) electrons. The first-order chi connectivity index (χ1) is 9.26. The van der Waals surface area contributed by atoms with Crippen LogP contribution in [0.2, 0.25) is 0 Å². The summed E-state index contributed by atoms with van der Waals surface area (Å²) >= 11 is 0. The summed E-state index contributed by atoms with van der Waals surface area (Å²) in [5, 5.41) is 8.39. The Bertz CT molecular complexity index is 640. The Hall–Kier alpha value is -1.89. The Morgan fingerprint density at radius 3 is 2.85 bits per heavy atom. The van der Waals surface area contributed by atoms with Gasteiger partial charge in [0.1, 0.15) is 19.0 Å². The minimum Gasteiger partial charge on any atom is -0.363 e. The predicted molar refractivity (Wildman–Crippen MR) is 61.1 cm³/mol. The van der Waals surface area contributed by atoms with Gasteiger partial charge in [-0.05, 0) is 0 Å². The molecule has 2 heterocycles. The third-order valence-corrected chi connectivity index (χ3v) is 2.93. The van der Waals surface area contributed by atoms with Gasteiger partial charge in [-0.25, -0.2) is 14.8 Å². The summed E-state index contributed by atoms with van der Waals surface area (Å²) in [6, 6.07) is 0. The highest BCUT2D eigenvalue weighted by Gasteiger charge is 2.36. The van der Waals surface area contributed by atoms with Gasteiger partial charge in [0, 0.05) is 0 Å². The fraction of sp³-hybridized carbons (Fsp3) is 0.500. The molecule has 2 atom stereocenters. The predicted octanol–water partition coefficient (Wildman–Crippen LogP) is -2.55. The van der Waals surface area contributed by atoms with Gasteiger partial charge in [-0.1, -0.05) is 0 Å². The van der Waals surface area contributed by atoms with E-state index in [1.165, 1.54) is 6.33 Å². The van der Waals surface area contributed by atoms with Crippen molar-refractivity contribution in [2.45, 2.75) is 18.8 Å². The van der Waals surface area contributed by atoms with Crippen molar-refractivity contribution in [1.82, 2.24) is 14.8 Å². The van der Waals surface area contributed by atoms with Crippen molar-refractivity contribution in [3.05, 3.63) is 12.2 Å². The van der Waals surface area contributed by atoms with Crippen LogP contribution in [-0.2, 0) is 24.0 Å². The minimum atomic E-state index is -4.15. The van der Waals surface area contributed by atoms with E-state index < -0.39 is 35.2 Å². The third kappa shape index (κ3) is 3.36. The number of rotatable bonds is 5. The van der Waals surface area contributed by atoms with Crippen LogP contribution in [0.5, 0.6) is 0 Å². The number of hydrogen-bond donors (Lipinski definition) is 2. The molecular formula is C8H11N5O6S. The van der Waals surface area contributed by atoms with Crippen molar-refractivity contribution in [1.29, 1.82) is 0 Å². The van der Waals surface area contributed by atoms with E-state index in [4.69, 9.17) is 10.5 Å². The second-order valence-corrected chi connectivity index (χ2v) is 5.16. The molecule has 4 N–H and O–H groups in total. The Morgan fingerprint density at radius 2 is 2.30 bits per heavy atom. The molecule has 0 spiro atoms. The number of ketones is 1. The standard InChI is InChI=1S/C8H11N5O6S/c9-7(15)8-11-3-13(12-8)6-1-4(14)5(19-6)2-18-20(10,16)17/h3,5-6H,1-2H2,(H2,9,15)(H2,10,16,17)/t5-,6-/m1/s1. The number of primary amides is 1. The van der Waals surface area contributed by atoms with E-state index in [1.807, 2.05) is 0 Å². The summed E-state index contributed by atoms with van der Waals surface area (Å²) in [4.78, 5) is 26.1. The molecule has 1 aromatic heterocycles. The summed E-state index contributed by atoms with van der Waals surface area (Å²) in [5.74, 6) is -1.41. The van der Waals surface area contributed by atoms with E-state index in [9.17, 15) is 18.0 Å². The first-order valence-electron chi connectivity index (χ1n) is 5.32. The van der Waals surface area contributed by atoms with Gasteiger partial charge in [-0.3, -0.25) is 13.8 Å². The lowest BCUT2D eigenvalue weighted by Gasteiger charge is -2.11. The molecule has 110 valence electrons. The maximum absolute atomic E-state index is 11.6. The van der Waals surface area contributed by atoms with Gasteiger partial charge in [-0.2, -0.15) is 8.42 Å². The van der Waals surface area contributed by atoms with E-state index in [0.29, 0.717) is 0 Å². The number of carbonyl (C=O) groups is 2. The highest BCUT2D eigenvalue weighted by Crippen LogP contribution is 2.25. The number of hydrogen-bond acceptors (Lipinski definition) is 8. The van der Waals surface area contributed by atoms with Gasteiger partial charge in [-0.15, -0.1) is 5.10 Å². The topological polar surface area (TPSA) is 169 Å². The lowest BCUT2D eigenvalue weighted by Crippen LogP contribution is -2.27. The molecule has 0 aliphatic carbocycles. The first-order valence-corrected chi connectivity index (χ1v) is 6.79. The molecule has 1 aromatic rings. The van der Waals surface area contributed by atoms with Gasteiger partial charge < -0.3 is 10.5 Å². The zero-order valence-electron chi connectivity index (χ0n) is 10.0. The molecule has 20 heavy (non-hydrogen) atoms. The van der Waals surface area contributed by atoms with Crippen molar-refractivity contribution in [3.8, 4) is 0 Å². The third-order valence-electron chi connectivity index (χ3n) is 2.46. The maximum atomic E-state index is 11.6. The van der Waals surface area contributed by atoms with E-state index >= 15 is 0 Å². The van der Waals surface area contributed by atoms with Gasteiger partial charge in [0.05, 0.1) is 6.42 Å². The average Bonchev–Trinajstić information content (AvgIpc) is 2.91. The van der Waals surface area contributed by atoms with E-state index in [2.05, 4.69) is 19.4 Å². The first kappa shape index (κ1) is 14.5. The van der Waals surface area contributed by atoms with E-state index in [0.717, 1.165) is 4.68 Å². The number of Topliss-reactive ketones (excluding diaryl/α,β-unsaturated/α-hetero) is 1. The quantitative estimate of drug-likeness (QED) is 0.599. The highest BCUT2D eigenvalue weighted by atomic mass is 32.2. The van der Waals surface area contributed by atoms with Crippen LogP contribution in [0.3, 0.4) is 0 Å². The number of aromatic nitrogens is 3.